The quantitative estimate of drug-likeness (QED) is 0.896. The molecule has 0 amide bonds. The van der Waals surface area contributed by atoms with E-state index in [2.05, 4.69) is 33.2 Å². The maximum absolute atomic E-state index is 13.5. The average Bonchev–Trinajstić information content (AvgIpc) is 2.70. The molecular weight excluding hydrogens is 291 g/mol. The minimum absolute atomic E-state index is 0.266. The fourth-order valence-electron chi connectivity index (χ4n) is 1.40. The molecule has 2 nitrogen and oxygen atoms in total. The van der Waals surface area contributed by atoms with Gasteiger partial charge in [-0.3, -0.25) is 4.99 Å². The maximum atomic E-state index is 13.5. The largest absolute Gasteiger partial charge is 0.333 e. The molecule has 0 radical (unpaired) electrons. The normalized spacial score (nSPS) is 19.7. The van der Waals surface area contributed by atoms with Crippen molar-refractivity contribution in [2.75, 3.05) is 11.9 Å². The van der Waals surface area contributed by atoms with E-state index in [4.69, 9.17) is 0 Å². The third kappa shape index (κ3) is 2.77. The zero-order valence-corrected chi connectivity index (χ0v) is 11.2. The van der Waals surface area contributed by atoms with Crippen molar-refractivity contribution in [2.45, 2.75) is 18.6 Å². The van der Waals surface area contributed by atoms with Gasteiger partial charge in [-0.05, 0) is 24.6 Å². The number of hydrogen-bond donors (Lipinski definition) is 1. The number of rotatable bonds is 2. The summed E-state index contributed by atoms with van der Waals surface area (Å²) in [5, 5.41) is 4.36. The number of nitrogens with zero attached hydrogens (tertiary/aromatic N) is 1. The molecule has 86 valence electrons. The second-order valence-corrected chi connectivity index (χ2v) is 5.75. The highest BCUT2D eigenvalue weighted by Gasteiger charge is 2.18. The first-order chi connectivity index (χ1) is 7.69. The van der Waals surface area contributed by atoms with Crippen molar-refractivity contribution in [3.8, 4) is 0 Å². The second kappa shape index (κ2) is 5.19. The minimum Gasteiger partial charge on any atom is -0.333 e. The number of aliphatic imine (C=N–C) groups is 1. The zero-order chi connectivity index (χ0) is 11.5. The highest BCUT2D eigenvalue weighted by Crippen LogP contribution is 2.26. The summed E-state index contributed by atoms with van der Waals surface area (Å²) in [6.07, 6.45) is 1.09. The summed E-state index contributed by atoms with van der Waals surface area (Å²) in [6.45, 7) is 2.96. The smallest absolute Gasteiger partial charge is 0.161 e. The number of amidine groups is 1. The lowest BCUT2D eigenvalue weighted by molar-refractivity contribution is 0.631. The van der Waals surface area contributed by atoms with Gasteiger partial charge in [-0.15, -0.1) is 0 Å². The summed E-state index contributed by atoms with van der Waals surface area (Å²) in [5.41, 5.74) is 0.478. The fraction of sp³-hybridized carbons (Fsp3) is 0.364. The van der Waals surface area contributed by atoms with Gasteiger partial charge in [0.25, 0.3) is 0 Å². The van der Waals surface area contributed by atoms with Crippen LogP contribution in [0.1, 0.15) is 13.3 Å². The number of nitrogens with one attached hydrogen (secondary N) is 1. The SMILES string of the molecule is CCC1CN=C(Nc2ccc(Br)cc2F)S1. The molecule has 1 aromatic rings. The average molecular weight is 303 g/mol. The van der Waals surface area contributed by atoms with Gasteiger partial charge in [-0.25, -0.2) is 4.39 Å². The lowest BCUT2D eigenvalue weighted by Gasteiger charge is -2.08. The molecular formula is C11H12BrFN2S. The van der Waals surface area contributed by atoms with E-state index in [-0.39, 0.29) is 5.82 Å². The Bertz CT molecular complexity index is 422. The number of benzene rings is 1. The van der Waals surface area contributed by atoms with Gasteiger partial charge in [0.1, 0.15) is 5.82 Å². The lowest BCUT2D eigenvalue weighted by Crippen LogP contribution is -2.08. The molecule has 0 saturated carbocycles. The van der Waals surface area contributed by atoms with Crippen LogP contribution in [0, 0.1) is 5.82 Å². The molecule has 5 heteroatoms. The van der Waals surface area contributed by atoms with E-state index < -0.39 is 0 Å². The Hall–Kier alpha value is -0.550. The fourth-order valence-corrected chi connectivity index (χ4v) is 2.69. The summed E-state index contributed by atoms with van der Waals surface area (Å²) in [4.78, 5) is 4.34. The van der Waals surface area contributed by atoms with Crippen molar-refractivity contribution >= 4 is 38.5 Å². The van der Waals surface area contributed by atoms with Crippen LogP contribution in [-0.2, 0) is 0 Å². The van der Waals surface area contributed by atoms with Gasteiger partial charge < -0.3 is 5.32 Å². The van der Waals surface area contributed by atoms with E-state index in [9.17, 15) is 4.39 Å². The predicted octanol–water partition coefficient (Wildman–Crippen LogP) is 3.88. The van der Waals surface area contributed by atoms with E-state index in [0.717, 1.165) is 22.6 Å². The Labute approximate surface area is 107 Å². The third-order valence-electron chi connectivity index (χ3n) is 2.34. The van der Waals surface area contributed by atoms with Gasteiger partial charge in [0, 0.05) is 9.72 Å². The van der Waals surface area contributed by atoms with Gasteiger partial charge in [0.05, 0.1) is 12.2 Å². The summed E-state index contributed by atoms with van der Waals surface area (Å²) >= 11 is 4.91. The highest BCUT2D eigenvalue weighted by molar-refractivity contribution is 9.10. The molecule has 0 spiro atoms. The van der Waals surface area contributed by atoms with Crippen molar-refractivity contribution in [1.82, 2.24) is 0 Å². The summed E-state index contributed by atoms with van der Waals surface area (Å²) in [6, 6.07) is 4.96. The second-order valence-electron chi connectivity index (χ2n) is 3.54. The van der Waals surface area contributed by atoms with E-state index >= 15 is 0 Å². The van der Waals surface area contributed by atoms with E-state index in [1.165, 1.54) is 6.07 Å². The molecule has 1 aromatic carbocycles. The zero-order valence-electron chi connectivity index (χ0n) is 8.84. The molecule has 1 aliphatic heterocycles. The van der Waals surface area contributed by atoms with Crippen molar-refractivity contribution in [3.63, 3.8) is 0 Å². The molecule has 1 unspecified atom stereocenters. The molecule has 0 aromatic heterocycles. The molecule has 1 aliphatic rings. The first-order valence-electron chi connectivity index (χ1n) is 5.12. The molecule has 1 N–H and O–H groups in total. The monoisotopic (exact) mass is 302 g/mol. The van der Waals surface area contributed by atoms with Crippen LogP contribution in [0.25, 0.3) is 0 Å². The van der Waals surface area contributed by atoms with Gasteiger partial charge >= 0.3 is 0 Å². The van der Waals surface area contributed by atoms with Crippen LogP contribution < -0.4 is 5.32 Å². The molecule has 2 rings (SSSR count). The van der Waals surface area contributed by atoms with Crippen molar-refractivity contribution in [1.29, 1.82) is 0 Å². The van der Waals surface area contributed by atoms with Crippen LogP contribution >= 0.6 is 27.7 Å². The van der Waals surface area contributed by atoms with E-state index in [0.29, 0.717) is 10.9 Å². The Morgan fingerprint density at radius 2 is 2.44 bits per heavy atom. The molecule has 16 heavy (non-hydrogen) atoms. The minimum atomic E-state index is -0.266. The molecule has 0 bridgehead atoms. The number of hydrogen-bond acceptors (Lipinski definition) is 3. The van der Waals surface area contributed by atoms with Gasteiger partial charge in [-0.2, -0.15) is 0 Å². The Kier molecular flexibility index (Phi) is 3.86. The third-order valence-corrected chi connectivity index (χ3v) is 4.11. The number of anilines is 1. The van der Waals surface area contributed by atoms with Crippen LogP contribution in [0.3, 0.4) is 0 Å². The van der Waals surface area contributed by atoms with Crippen molar-refractivity contribution in [3.05, 3.63) is 28.5 Å². The maximum Gasteiger partial charge on any atom is 0.161 e. The lowest BCUT2D eigenvalue weighted by atomic mass is 10.3. The standard InChI is InChI=1S/C11H12BrFN2S/c1-2-8-6-14-11(16-8)15-10-4-3-7(12)5-9(10)13/h3-5,8H,2,6H2,1H3,(H,14,15). The van der Waals surface area contributed by atoms with Crippen LogP contribution in [0.15, 0.2) is 27.7 Å². The van der Waals surface area contributed by atoms with Crippen molar-refractivity contribution < 1.29 is 4.39 Å². The van der Waals surface area contributed by atoms with Crippen LogP contribution in [-0.4, -0.2) is 17.0 Å². The van der Waals surface area contributed by atoms with Crippen LogP contribution in [0.2, 0.25) is 0 Å². The number of halogens is 2. The number of thioether (sulfide) groups is 1. The summed E-state index contributed by atoms with van der Waals surface area (Å²) < 4.78 is 14.3. The first-order valence-corrected chi connectivity index (χ1v) is 6.79. The van der Waals surface area contributed by atoms with Crippen LogP contribution in [0.4, 0.5) is 10.1 Å². The summed E-state index contributed by atoms with van der Waals surface area (Å²) in [5.74, 6) is -0.266. The topological polar surface area (TPSA) is 24.4 Å². The Morgan fingerprint density at radius 1 is 1.62 bits per heavy atom. The van der Waals surface area contributed by atoms with Gasteiger partial charge in [0.2, 0.25) is 0 Å². The molecule has 0 saturated heterocycles. The Balaban J connectivity index is 2.05. The van der Waals surface area contributed by atoms with E-state index in [1.807, 2.05) is 6.07 Å². The van der Waals surface area contributed by atoms with E-state index in [1.54, 1.807) is 17.8 Å². The molecule has 0 aliphatic carbocycles. The highest BCUT2D eigenvalue weighted by atomic mass is 79.9. The first kappa shape index (κ1) is 11.9. The van der Waals surface area contributed by atoms with Gasteiger partial charge in [0.15, 0.2) is 5.17 Å². The summed E-state index contributed by atoms with van der Waals surface area (Å²) in [7, 11) is 0. The predicted molar refractivity (Wildman–Crippen MR) is 71.7 cm³/mol. The molecule has 1 heterocycles. The molecule has 0 fully saturated rings. The molecule has 1 atom stereocenters. The van der Waals surface area contributed by atoms with Gasteiger partial charge in [-0.1, -0.05) is 34.6 Å². The van der Waals surface area contributed by atoms with Crippen LogP contribution in [0.5, 0.6) is 0 Å². The van der Waals surface area contributed by atoms with Crippen molar-refractivity contribution in [2.24, 2.45) is 4.99 Å². The Morgan fingerprint density at radius 3 is 3.06 bits per heavy atom.